The predicted molar refractivity (Wildman–Crippen MR) is 336 cm³/mol. The number of hydrogen-bond donors (Lipinski definition) is 7. The van der Waals surface area contributed by atoms with E-state index in [1.165, 1.54) is 65.1 Å². The molecule has 11 N–H and O–H groups in total. The Morgan fingerprint density at radius 1 is 0.586 bits per heavy atom. The van der Waals surface area contributed by atoms with Crippen LogP contribution in [-0.2, 0) is 71.7 Å². The number of benzene rings is 4. The van der Waals surface area contributed by atoms with Crippen molar-refractivity contribution in [2.45, 2.75) is 79.5 Å². The smallest absolute Gasteiger partial charge is 0.354 e. The van der Waals surface area contributed by atoms with Gasteiger partial charge in [-0.2, -0.15) is 0 Å². The molecule has 7 atom stereocenters. The minimum atomic E-state index is -3.33. The number of guanidine groups is 1. The summed E-state index contributed by atoms with van der Waals surface area (Å²) in [6, 6.07) is 36.9. The number of aliphatic hydroxyl groups excluding tert-OH is 1. The van der Waals surface area contributed by atoms with Gasteiger partial charge in [0.1, 0.15) is 5.28 Å². The first-order valence-corrected chi connectivity index (χ1v) is 32.1. The van der Waals surface area contributed by atoms with Crippen molar-refractivity contribution in [2.24, 2.45) is 21.5 Å². The Kier molecular flexibility index (Phi) is 104. The second kappa shape index (κ2) is 69.5. The van der Waals surface area contributed by atoms with E-state index in [1.807, 2.05) is 116 Å². The van der Waals surface area contributed by atoms with E-state index in [9.17, 15) is 23.1 Å². The Balaban J connectivity index is -0.0000000488. The van der Waals surface area contributed by atoms with Crippen molar-refractivity contribution in [1.82, 2.24) is 30.8 Å². The maximum atomic E-state index is 12.9. The molecule has 2 saturated heterocycles. The molecule has 0 spiro atoms. The van der Waals surface area contributed by atoms with Gasteiger partial charge in [0.25, 0.3) is 0 Å². The highest BCUT2D eigenvalue weighted by atomic mass is 79.9. The molecule has 3 aliphatic heterocycles. The largest absolute Gasteiger partial charge is 1.00 e. The fourth-order valence-corrected chi connectivity index (χ4v) is 16.2. The molecule has 3 heterocycles. The van der Waals surface area contributed by atoms with Crippen LogP contribution in [0.4, 0.5) is 4.79 Å². The van der Waals surface area contributed by atoms with Gasteiger partial charge in [0.15, 0.2) is 31.2 Å². The third-order valence-electron chi connectivity index (χ3n) is 12.3. The van der Waals surface area contributed by atoms with E-state index >= 15 is 0 Å². The first-order valence-electron chi connectivity index (χ1n) is 24.1. The normalized spacial score (nSPS) is 20.6. The molecule has 99 heavy (non-hydrogen) atoms. The van der Waals surface area contributed by atoms with Crippen LogP contribution in [0.5, 0.6) is 0 Å². The van der Waals surface area contributed by atoms with Gasteiger partial charge in [-0.3, -0.25) is 37.5 Å². The van der Waals surface area contributed by atoms with Crippen molar-refractivity contribution >= 4 is 100 Å². The highest BCUT2D eigenvalue weighted by Crippen LogP contribution is 2.70. The molecular weight excluding hydrogens is 2520 g/mol. The van der Waals surface area contributed by atoms with Crippen molar-refractivity contribution in [3.8, 4) is 0 Å². The van der Waals surface area contributed by atoms with Crippen LogP contribution in [0, 0.1) is 0 Å². The number of alkyl halides is 3. The summed E-state index contributed by atoms with van der Waals surface area (Å²) in [5.41, 5.74) is 14.6. The lowest BCUT2D eigenvalue weighted by Gasteiger charge is -2.31. The number of amides is 2. The molecule has 7 rings (SSSR count). The van der Waals surface area contributed by atoms with E-state index in [2.05, 4.69) is 25.5 Å². The minimum absolute atomic E-state index is 0. The zero-order chi connectivity index (χ0) is 63.8. The van der Waals surface area contributed by atoms with E-state index in [1.54, 1.807) is 67.8 Å². The third-order valence-corrected chi connectivity index (χ3v) is 24.1. The average Bonchev–Trinajstić information content (AvgIpc) is 1.63. The molecular formula is C51H83Br16Cl3N10O14P4S-16. The van der Waals surface area contributed by atoms with Crippen molar-refractivity contribution < 1.29 is 337 Å². The monoisotopic (exact) mass is 2580 g/mol. The van der Waals surface area contributed by atoms with Gasteiger partial charge in [0.05, 0.1) is 5.60 Å². The molecule has 3 aliphatic rings. The van der Waals surface area contributed by atoms with E-state index < -0.39 is 61.2 Å². The number of aliphatic hydroxyl groups is 1. The number of urea groups is 1. The maximum Gasteiger partial charge on any atom is 0.354 e. The number of rotatable bonds is 10. The summed E-state index contributed by atoms with van der Waals surface area (Å²) >= 11 is 19.6. The molecule has 0 bridgehead atoms. The predicted octanol–water partition coefficient (Wildman–Crippen LogP) is -35.8. The lowest BCUT2D eigenvalue weighted by atomic mass is 10.1. The molecule has 0 saturated carbocycles. The van der Waals surface area contributed by atoms with Gasteiger partial charge >= 0.3 is 36.2 Å². The van der Waals surface area contributed by atoms with Gasteiger partial charge in [-0.05, 0) is 82.9 Å². The number of hydrogen-bond acceptors (Lipinski definition) is 20. The second-order valence-corrected chi connectivity index (χ2v) is 32.1. The summed E-state index contributed by atoms with van der Waals surface area (Å²) in [5.74, 6) is 0.238. The number of halogens is 19. The molecule has 0 aliphatic carbocycles. The summed E-state index contributed by atoms with van der Waals surface area (Å²) in [4.78, 5) is 31.8. The number of isocyanates is 1. The van der Waals surface area contributed by atoms with Crippen LogP contribution in [0.2, 0.25) is 0 Å². The summed E-state index contributed by atoms with van der Waals surface area (Å²) in [6.45, 7) is 12.3. The van der Waals surface area contributed by atoms with Gasteiger partial charge < -0.3 is 328 Å². The molecule has 2 fully saturated rings. The SMILES string of the molecule is CC(C)(C)OO.CN=C=O.CO.COP(=O)(OC)C(C)(N)c1ccccc1.COP1(=O)N(C)C(=O)NC1(C)c1ccccc1.COP1(=O)N(C)C(=S)NC1(C)c1ccccc1.COP1(=O)N(C)C(N)=NC1(C)c1ccccc1.ClC(Cl)Cl.N.[Br-].[Br-].[Br-].[Br-].[Br-].[Br-].[Br-].[Br-].[Br-].[Br-].[Br-].[Br-].[Br-].[Br-].[Br-].[Br-]. The summed E-state index contributed by atoms with van der Waals surface area (Å²) in [7, 11) is 1.29. The lowest BCUT2D eigenvalue weighted by Crippen LogP contribution is -3.00. The summed E-state index contributed by atoms with van der Waals surface area (Å²) < 4.78 is 79.7. The van der Waals surface area contributed by atoms with Crippen LogP contribution >= 0.6 is 77.2 Å². The fraction of sp³-hybridized carbons (Fsp3) is 0.451. The van der Waals surface area contributed by atoms with Crippen LogP contribution in [-0.4, -0.2) is 128 Å². The van der Waals surface area contributed by atoms with Crippen LogP contribution < -0.4 is 300 Å². The number of carbonyl (C=O) groups is 1. The summed E-state index contributed by atoms with van der Waals surface area (Å²) in [5, 5.41) is 17.3. The number of carbonyl (C=O) groups excluding carboxylic acids is 2. The van der Waals surface area contributed by atoms with Gasteiger partial charge in [-0.25, -0.2) is 24.5 Å². The van der Waals surface area contributed by atoms with E-state index in [0.29, 0.717) is 5.11 Å². The zero-order valence-corrected chi connectivity index (χ0v) is 87.9. The molecule has 596 valence electrons. The zero-order valence-electron chi connectivity index (χ0n) is 55.9. The van der Waals surface area contributed by atoms with E-state index in [-0.39, 0.29) is 290 Å². The topological polar surface area (TPSA) is 344 Å². The van der Waals surface area contributed by atoms with Gasteiger partial charge in [0, 0.05) is 70.8 Å². The Labute approximate surface area is 773 Å². The quantitative estimate of drug-likeness (QED) is 0.0147. The molecule has 4 aromatic rings. The van der Waals surface area contributed by atoms with Crippen molar-refractivity contribution in [1.29, 1.82) is 0 Å². The fourth-order valence-electron chi connectivity index (χ4n) is 7.62. The van der Waals surface area contributed by atoms with Crippen LogP contribution in [0.1, 0.15) is 70.7 Å². The molecule has 7 unspecified atom stereocenters. The number of nitrogens with one attached hydrogen (secondary N) is 2. The van der Waals surface area contributed by atoms with Crippen LogP contribution in [0.15, 0.2) is 131 Å². The lowest BCUT2D eigenvalue weighted by molar-refractivity contribution is -0.306. The van der Waals surface area contributed by atoms with Gasteiger partial charge in [0.2, 0.25) is 6.08 Å². The summed E-state index contributed by atoms with van der Waals surface area (Å²) in [6.07, 6.45) is 1.31. The van der Waals surface area contributed by atoms with Gasteiger partial charge in [-0.15, -0.1) is 0 Å². The Hall–Kier alpha value is 3.56. The van der Waals surface area contributed by atoms with Crippen LogP contribution in [0.25, 0.3) is 0 Å². The van der Waals surface area contributed by atoms with Crippen molar-refractivity contribution in [2.75, 3.05) is 70.8 Å². The standard InChI is InChI=1S/C11H16N3O2P.C11H15N2O3P.C11H15N2O2PS.C10H16NO3P.C4H10O2.C2H3NO.CHCl3.CH4O.16BrH.H3N/c1-11(9-7-5-4-6-8-9)13-10(12)14(2)17(11,15)16-3;1-11(9-7-5-4-6-8-9)12-10(14)13(2)17(11,15)16-3;1-11(9-7-5-4-6-8-9)12-10(17)13(2)16(11,14)15-3;1-10(11,15(12,13-2)14-3)9-7-5-4-6-8-9;1-4(2,3)6-5;1-3-2-4;2-1(3)4;1-2;;;;;;;;;;;;;;;;;/h4-8H,1-3H3,(H2,12,13);4-8H,1-3H3,(H,12,14);4-8H,1-3H3,(H,12,17);4-8H,11H2,1-3H3;5H,1-3H3;1H3;1H;2H,1H3;16*1H;1H3/p-16. The Morgan fingerprint density at radius 3 is 1.11 bits per heavy atom. The third kappa shape index (κ3) is 39.5. The van der Waals surface area contributed by atoms with E-state index in [4.69, 9.17) is 96.3 Å². The van der Waals surface area contributed by atoms with Gasteiger partial charge in [-0.1, -0.05) is 156 Å². The maximum absolute atomic E-state index is 12.9. The molecule has 4 aromatic carbocycles. The highest BCUT2D eigenvalue weighted by Gasteiger charge is 2.59. The van der Waals surface area contributed by atoms with Crippen molar-refractivity contribution in [3.63, 3.8) is 0 Å². The molecule has 0 aromatic heterocycles. The first kappa shape index (κ1) is 148. The van der Waals surface area contributed by atoms with Crippen molar-refractivity contribution in [3.05, 3.63) is 144 Å². The van der Waals surface area contributed by atoms with E-state index in [0.717, 1.165) is 34.0 Å². The highest BCUT2D eigenvalue weighted by molar-refractivity contribution is 7.81. The molecule has 24 nitrogen and oxygen atoms in total. The first-order chi connectivity index (χ1) is 38.0. The number of nitrogens with zero attached hydrogens (tertiary/aromatic N) is 5. The molecule has 48 heteroatoms. The second-order valence-electron chi connectivity index (χ2n) is 18.4. The minimum Gasteiger partial charge on any atom is -1.00 e. The average molecular weight is 2600 g/mol. The molecule has 2 amide bonds. The van der Waals surface area contributed by atoms with Crippen LogP contribution in [0.3, 0.4) is 0 Å². The molecule has 0 radical (unpaired) electrons. The number of aliphatic imine (C=N–C) groups is 2. The number of nitrogens with two attached hydrogens (primary N) is 2. The number of thiocarbonyl (C=S) groups is 1. The Morgan fingerprint density at radius 2 is 0.848 bits per heavy atom. The Bertz CT molecular complexity index is 2850.